The molecule has 1 heterocycles. The first-order valence-corrected chi connectivity index (χ1v) is 5.88. The summed E-state index contributed by atoms with van der Waals surface area (Å²) in [6, 6.07) is 0. The molecular formula is C10H14N2O2S. The van der Waals surface area contributed by atoms with Crippen molar-refractivity contribution in [2.24, 2.45) is 5.92 Å². The Morgan fingerprint density at radius 3 is 2.93 bits per heavy atom. The van der Waals surface area contributed by atoms with E-state index in [-0.39, 0.29) is 0 Å². The Labute approximate surface area is 92.6 Å². The number of rotatable bonds is 4. The Morgan fingerprint density at radius 1 is 1.73 bits per heavy atom. The van der Waals surface area contributed by atoms with Crippen molar-refractivity contribution < 1.29 is 9.90 Å². The Balaban J connectivity index is 1.97. The third kappa shape index (κ3) is 2.28. The topological polar surface area (TPSA) is 53.4 Å². The summed E-state index contributed by atoms with van der Waals surface area (Å²) < 4.78 is 0. The molecule has 0 aliphatic heterocycles. The molecule has 0 spiro atoms. The molecule has 0 radical (unpaired) electrons. The van der Waals surface area contributed by atoms with Gasteiger partial charge in [-0.2, -0.15) is 0 Å². The first kappa shape index (κ1) is 10.4. The molecule has 0 saturated heterocycles. The molecule has 1 aromatic rings. The molecule has 1 N–H and O–H groups in total. The third-order valence-electron chi connectivity index (χ3n) is 2.79. The molecule has 2 rings (SSSR count). The number of aromatic nitrogens is 1. The number of nitrogens with zero attached hydrogens (tertiary/aromatic N) is 2. The van der Waals surface area contributed by atoms with Crippen LogP contribution in [-0.4, -0.2) is 29.7 Å². The molecule has 0 amide bonds. The fraction of sp³-hybridized carbons (Fsp3) is 0.600. The zero-order chi connectivity index (χ0) is 10.8. The van der Waals surface area contributed by atoms with Crippen molar-refractivity contribution in [1.29, 1.82) is 0 Å². The number of anilines is 1. The number of thiazole rings is 1. The fourth-order valence-corrected chi connectivity index (χ4v) is 2.41. The Kier molecular flexibility index (Phi) is 2.90. The normalized spacial score (nSPS) is 16.1. The molecule has 4 nitrogen and oxygen atoms in total. The molecule has 0 bridgehead atoms. The smallest absolute Gasteiger partial charge is 0.347 e. The van der Waals surface area contributed by atoms with E-state index in [1.165, 1.54) is 36.8 Å². The van der Waals surface area contributed by atoms with E-state index in [4.69, 9.17) is 5.11 Å². The molecule has 1 fully saturated rings. The molecule has 0 unspecified atom stereocenters. The SMILES string of the molecule is CN(CC1CCC1)c1ncc(C(=O)O)s1. The van der Waals surface area contributed by atoms with E-state index >= 15 is 0 Å². The van der Waals surface area contributed by atoms with Gasteiger partial charge in [-0.1, -0.05) is 17.8 Å². The van der Waals surface area contributed by atoms with Crippen molar-refractivity contribution in [3.63, 3.8) is 0 Å². The summed E-state index contributed by atoms with van der Waals surface area (Å²) >= 11 is 1.24. The first-order chi connectivity index (χ1) is 7.16. The van der Waals surface area contributed by atoms with Gasteiger partial charge in [0, 0.05) is 13.6 Å². The minimum atomic E-state index is -0.893. The number of aromatic carboxylic acids is 1. The van der Waals surface area contributed by atoms with Crippen LogP contribution in [0.3, 0.4) is 0 Å². The van der Waals surface area contributed by atoms with E-state index in [2.05, 4.69) is 9.88 Å². The van der Waals surface area contributed by atoms with Gasteiger partial charge in [0.15, 0.2) is 5.13 Å². The molecule has 1 saturated carbocycles. The van der Waals surface area contributed by atoms with Gasteiger partial charge in [0.2, 0.25) is 0 Å². The second-order valence-corrected chi connectivity index (χ2v) is 5.00. The lowest BCUT2D eigenvalue weighted by Crippen LogP contribution is -2.29. The van der Waals surface area contributed by atoms with Crippen LogP contribution in [-0.2, 0) is 0 Å². The summed E-state index contributed by atoms with van der Waals surface area (Å²) in [7, 11) is 1.97. The Hall–Kier alpha value is -1.10. The molecule has 0 aromatic carbocycles. The van der Waals surface area contributed by atoms with Crippen molar-refractivity contribution in [2.75, 3.05) is 18.5 Å². The molecular weight excluding hydrogens is 212 g/mol. The van der Waals surface area contributed by atoms with E-state index in [0.717, 1.165) is 17.6 Å². The number of carbonyl (C=O) groups is 1. The summed E-state index contributed by atoms with van der Waals surface area (Å²) in [5.74, 6) is -0.122. The van der Waals surface area contributed by atoms with Crippen molar-refractivity contribution in [3.05, 3.63) is 11.1 Å². The van der Waals surface area contributed by atoms with Crippen molar-refractivity contribution in [2.45, 2.75) is 19.3 Å². The second kappa shape index (κ2) is 4.18. The average Bonchev–Trinajstić information content (AvgIpc) is 2.59. The van der Waals surface area contributed by atoms with Crippen LogP contribution in [0.5, 0.6) is 0 Å². The van der Waals surface area contributed by atoms with Gasteiger partial charge in [-0.3, -0.25) is 0 Å². The van der Waals surface area contributed by atoms with Crippen LogP contribution in [0.25, 0.3) is 0 Å². The second-order valence-electron chi connectivity index (χ2n) is 3.99. The highest BCUT2D eigenvalue weighted by Crippen LogP contribution is 2.29. The van der Waals surface area contributed by atoms with E-state index in [1.807, 2.05) is 7.05 Å². The molecule has 82 valence electrons. The molecule has 1 aromatic heterocycles. The van der Waals surface area contributed by atoms with Gasteiger partial charge >= 0.3 is 5.97 Å². The van der Waals surface area contributed by atoms with Crippen molar-refractivity contribution >= 4 is 22.4 Å². The van der Waals surface area contributed by atoms with Gasteiger partial charge in [-0.15, -0.1) is 0 Å². The van der Waals surface area contributed by atoms with E-state index in [1.54, 1.807) is 0 Å². The number of carboxylic acids is 1. The maximum Gasteiger partial charge on any atom is 0.347 e. The average molecular weight is 226 g/mol. The largest absolute Gasteiger partial charge is 0.477 e. The molecule has 0 atom stereocenters. The quantitative estimate of drug-likeness (QED) is 0.854. The van der Waals surface area contributed by atoms with Crippen LogP contribution in [0.4, 0.5) is 5.13 Å². The fourth-order valence-electron chi connectivity index (χ4n) is 1.68. The third-order valence-corrected chi connectivity index (χ3v) is 3.89. The summed E-state index contributed by atoms with van der Waals surface area (Å²) in [6.07, 6.45) is 5.35. The lowest BCUT2D eigenvalue weighted by molar-refractivity contribution is 0.0702. The minimum absolute atomic E-state index is 0.311. The van der Waals surface area contributed by atoms with Crippen LogP contribution in [0.15, 0.2) is 6.20 Å². The van der Waals surface area contributed by atoms with Crippen LogP contribution in [0, 0.1) is 5.92 Å². The lowest BCUT2D eigenvalue weighted by Gasteiger charge is -2.29. The monoisotopic (exact) mass is 226 g/mol. The highest BCUT2D eigenvalue weighted by atomic mass is 32.1. The molecule has 1 aliphatic rings. The standard InChI is InChI=1S/C10H14N2O2S/c1-12(6-7-3-2-4-7)10-11-5-8(15-10)9(13)14/h5,7H,2-4,6H2,1H3,(H,13,14). The highest BCUT2D eigenvalue weighted by molar-refractivity contribution is 7.17. The number of carboxylic acid groups (broad SMARTS) is 1. The van der Waals surface area contributed by atoms with Crippen LogP contribution in [0.1, 0.15) is 28.9 Å². The Morgan fingerprint density at radius 2 is 2.47 bits per heavy atom. The molecule has 1 aliphatic carbocycles. The van der Waals surface area contributed by atoms with Gasteiger partial charge in [0.05, 0.1) is 6.20 Å². The zero-order valence-corrected chi connectivity index (χ0v) is 9.46. The van der Waals surface area contributed by atoms with Gasteiger partial charge in [0.1, 0.15) is 4.88 Å². The first-order valence-electron chi connectivity index (χ1n) is 5.07. The van der Waals surface area contributed by atoms with Crippen molar-refractivity contribution in [3.8, 4) is 0 Å². The van der Waals surface area contributed by atoms with Gasteiger partial charge in [-0.05, 0) is 18.8 Å². The van der Waals surface area contributed by atoms with Gasteiger partial charge in [0.25, 0.3) is 0 Å². The highest BCUT2D eigenvalue weighted by Gasteiger charge is 2.20. The lowest BCUT2D eigenvalue weighted by atomic mass is 9.85. The Bertz CT molecular complexity index is 360. The predicted molar refractivity (Wildman–Crippen MR) is 59.7 cm³/mol. The van der Waals surface area contributed by atoms with Crippen LogP contribution >= 0.6 is 11.3 Å². The maximum atomic E-state index is 10.7. The van der Waals surface area contributed by atoms with Crippen LogP contribution < -0.4 is 4.90 Å². The van der Waals surface area contributed by atoms with Crippen molar-refractivity contribution in [1.82, 2.24) is 4.98 Å². The molecule has 5 heteroatoms. The predicted octanol–water partition coefficient (Wildman–Crippen LogP) is 2.08. The number of hydrogen-bond acceptors (Lipinski definition) is 4. The maximum absolute atomic E-state index is 10.7. The minimum Gasteiger partial charge on any atom is -0.477 e. The van der Waals surface area contributed by atoms with Crippen LogP contribution in [0.2, 0.25) is 0 Å². The summed E-state index contributed by atoms with van der Waals surface area (Å²) in [4.78, 5) is 17.2. The summed E-state index contributed by atoms with van der Waals surface area (Å²) in [5, 5.41) is 9.58. The van der Waals surface area contributed by atoms with E-state index in [0.29, 0.717) is 4.88 Å². The number of hydrogen-bond donors (Lipinski definition) is 1. The summed E-state index contributed by atoms with van der Waals surface area (Å²) in [6.45, 7) is 0.993. The summed E-state index contributed by atoms with van der Waals surface area (Å²) in [5.41, 5.74) is 0. The van der Waals surface area contributed by atoms with Gasteiger partial charge in [-0.25, -0.2) is 9.78 Å². The zero-order valence-electron chi connectivity index (χ0n) is 8.64. The van der Waals surface area contributed by atoms with Gasteiger partial charge < -0.3 is 10.0 Å². The van der Waals surface area contributed by atoms with E-state index < -0.39 is 5.97 Å². The molecule has 15 heavy (non-hydrogen) atoms. The van der Waals surface area contributed by atoms with E-state index in [9.17, 15) is 4.79 Å².